The molecule has 0 aliphatic heterocycles. The third-order valence-electron chi connectivity index (χ3n) is 4.74. The minimum atomic E-state index is -0.548. The molecule has 8 nitrogen and oxygen atoms in total. The Bertz CT molecular complexity index is 1150. The Morgan fingerprint density at radius 1 is 0.857 bits per heavy atom. The molecular formula is C26H25BrN2O6. The minimum Gasteiger partial charge on any atom is -0.492 e. The third kappa shape index (κ3) is 8.15. The normalized spacial score (nSPS) is 10.2. The van der Waals surface area contributed by atoms with Gasteiger partial charge in [0.25, 0.3) is 11.8 Å². The molecule has 0 fully saturated rings. The highest BCUT2D eigenvalue weighted by atomic mass is 79.9. The molecule has 0 unspecified atom stereocenters. The first-order valence-corrected chi connectivity index (χ1v) is 11.7. The van der Waals surface area contributed by atoms with Gasteiger partial charge in [0.2, 0.25) is 0 Å². The van der Waals surface area contributed by atoms with Gasteiger partial charge in [-0.3, -0.25) is 20.4 Å². The van der Waals surface area contributed by atoms with E-state index in [1.165, 1.54) is 5.56 Å². The molecule has 0 aliphatic rings. The number of carbonyl (C=O) groups excluding carboxylic acids is 3. The van der Waals surface area contributed by atoms with Crippen molar-refractivity contribution >= 4 is 33.7 Å². The van der Waals surface area contributed by atoms with Gasteiger partial charge in [-0.25, -0.2) is 4.79 Å². The van der Waals surface area contributed by atoms with Crippen LogP contribution in [0.3, 0.4) is 0 Å². The topological polar surface area (TPSA) is 103 Å². The van der Waals surface area contributed by atoms with Crippen molar-refractivity contribution in [1.29, 1.82) is 0 Å². The Hall–Kier alpha value is -3.85. The largest absolute Gasteiger partial charge is 0.492 e. The predicted octanol–water partition coefficient (Wildman–Crippen LogP) is 4.09. The molecule has 2 N–H and O–H groups in total. The molecule has 3 aromatic rings. The Morgan fingerprint density at radius 3 is 2.26 bits per heavy atom. The van der Waals surface area contributed by atoms with Crippen LogP contribution in [0.5, 0.6) is 11.5 Å². The van der Waals surface area contributed by atoms with Crippen LogP contribution in [-0.4, -0.2) is 37.6 Å². The van der Waals surface area contributed by atoms with Crippen molar-refractivity contribution in [3.8, 4) is 11.5 Å². The number of benzene rings is 3. The highest BCUT2D eigenvalue weighted by Crippen LogP contribution is 2.26. The van der Waals surface area contributed by atoms with E-state index >= 15 is 0 Å². The first kappa shape index (κ1) is 25.8. The molecule has 2 amide bonds. The number of amides is 2. The summed E-state index contributed by atoms with van der Waals surface area (Å²) in [5, 5.41) is 0. The number of hydrogen-bond acceptors (Lipinski definition) is 6. The summed E-state index contributed by atoms with van der Waals surface area (Å²) >= 11 is 3.41. The molecule has 3 aromatic carbocycles. The van der Waals surface area contributed by atoms with E-state index < -0.39 is 17.8 Å². The van der Waals surface area contributed by atoms with E-state index in [0.29, 0.717) is 33.7 Å². The predicted molar refractivity (Wildman–Crippen MR) is 133 cm³/mol. The molecule has 0 saturated heterocycles. The van der Waals surface area contributed by atoms with E-state index in [9.17, 15) is 14.4 Å². The number of hydrazine groups is 1. The summed E-state index contributed by atoms with van der Waals surface area (Å²) in [5.41, 5.74) is 6.54. The van der Waals surface area contributed by atoms with Crippen LogP contribution >= 0.6 is 15.9 Å². The van der Waals surface area contributed by atoms with E-state index in [-0.39, 0.29) is 13.2 Å². The second-order valence-electron chi connectivity index (χ2n) is 7.27. The zero-order valence-corrected chi connectivity index (χ0v) is 20.7. The van der Waals surface area contributed by atoms with Crippen molar-refractivity contribution in [2.75, 3.05) is 19.8 Å². The molecule has 0 bridgehead atoms. The number of esters is 1. The number of hydrogen-bond donors (Lipinski definition) is 2. The van der Waals surface area contributed by atoms with Crippen LogP contribution in [-0.2, 0) is 16.0 Å². The number of halogens is 1. The summed E-state index contributed by atoms with van der Waals surface area (Å²) in [6.45, 7) is 2.18. The molecule has 0 saturated carbocycles. The summed E-state index contributed by atoms with van der Waals surface area (Å²) in [5.74, 6) is -0.463. The smallest absolute Gasteiger partial charge is 0.338 e. The van der Waals surface area contributed by atoms with Gasteiger partial charge in [-0.05, 0) is 70.9 Å². The molecule has 0 heterocycles. The second kappa shape index (κ2) is 13.1. The fourth-order valence-corrected chi connectivity index (χ4v) is 3.46. The van der Waals surface area contributed by atoms with Gasteiger partial charge >= 0.3 is 5.97 Å². The van der Waals surface area contributed by atoms with Crippen LogP contribution in [0.15, 0.2) is 77.3 Å². The van der Waals surface area contributed by atoms with Crippen molar-refractivity contribution in [2.45, 2.75) is 13.3 Å². The Balaban J connectivity index is 1.41. The molecule has 3 rings (SSSR count). The van der Waals surface area contributed by atoms with Crippen molar-refractivity contribution < 1.29 is 28.6 Å². The van der Waals surface area contributed by atoms with Crippen LogP contribution in [0.2, 0.25) is 0 Å². The minimum absolute atomic E-state index is 0.284. The standard InChI is InChI=1S/C26H25BrN2O6/c1-2-33-26(32)19-8-11-21(12-9-19)35-17-24(30)28-29-25(31)20-10-13-23(22(27)16-20)34-15-14-18-6-4-3-5-7-18/h3-13,16H,2,14-15,17H2,1H3,(H,28,30)(H,29,31). The molecule has 9 heteroatoms. The maximum atomic E-state index is 12.4. The monoisotopic (exact) mass is 540 g/mol. The van der Waals surface area contributed by atoms with Gasteiger partial charge < -0.3 is 14.2 Å². The van der Waals surface area contributed by atoms with E-state index in [2.05, 4.69) is 26.8 Å². The quantitative estimate of drug-likeness (QED) is 0.296. The van der Waals surface area contributed by atoms with Gasteiger partial charge in [-0.2, -0.15) is 0 Å². The lowest BCUT2D eigenvalue weighted by molar-refractivity contribution is -0.123. The van der Waals surface area contributed by atoms with Crippen molar-refractivity contribution in [1.82, 2.24) is 10.9 Å². The number of nitrogens with one attached hydrogen (secondary N) is 2. The molecule has 0 aromatic heterocycles. The zero-order chi connectivity index (χ0) is 25.0. The van der Waals surface area contributed by atoms with Gasteiger partial charge in [-0.1, -0.05) is 30.3 Å². The van der Waals surface area contributed by atoms with Crippen LogP contribution in [0.4, 0.5) is 0 Å². The highest BCUT2D eigenvalue weighted by Gasteiger charge is 2.12. The zero-order valence-electron chi connectivity index (χ0n) is 19.1. The van der Waals surface area contributed by atoms with Crippen LogP contribution in [0.25, 0.3) is 0 Å². The number of ether oxygens (including phenoxy) is 3. The van der Waals surface area contributed by atoms with Gasteiger partial charge in [0, 0.05) is 12.0 Å². The van der Waals surface area contributed by atoms with Gasteiger partial charge in [-0.15, -0.1) is 0 Å². The van der Waals surface area contributed by atoms with Crippen LogP contribution in [0.1, 0.15) is 33.2 Å². The first-order valence-electron chi connectivity index (χ1n) is 10.9. The molecule has 35 heavy (non-hydrogen) atoms. The molecular weight excluding hydrogens is 516 g/mol. The number of rotatable bonds is 10. The van der Waals surface area contributed by atoms with Gasteiger partial charge in [0.05, 0.1) is 23.2 Å². The Labute approximate surface area is 211 Å². The molecule has 0 aliphatic carbocycles. The molecule has 0 radical (unpaired) electrons. The summed E-state index contributed by atoms with van der Waals surface area (Å²) < 4.78 is 16.7. The van der Waals surface area contributed by atoms with Crippen LogP contribution < -0.4 is 20.3 Å². The highest BCUT2D eigenvalue weighted by molar-refractivity contribution is 9.10. The summed E-state index contributed by atoms with van der Waals surface area (Å²) in [6.07, 6.45) is 0.763. The lowest BCUT2D eigenvalue weighted by Crippen LogP contribution is -2.43. The Morgan fingerprint density at radius 2 is 1.57 bits per heavy atom. The first-order chi connectivity index (χ1) is 17.0. The van der Waals surface area contributed by atoms with Gasteiger partial charge in [0.15, 0.2) is 6.61 Å². The fraction of sp³-hybridized carbons (Fsp3) is 0.192. The average Bonchev–Trinajstić information content (AvgIpc) is 2.88. The average molecular weight is 541 g/mol. The summed E-state index contributed by atoms with van der Waals surface area (Å²) in [7, 11) is 0. The Kier molecular flexibility index (Phi) is 9.68. The van der Waals surface area contributed by atoms with E-state index in [1.54, 1.807) is 49.4 Å². The lowest BCUT2D eigenvalue weighted by Gasteiger charge is -2.11. The maximum absolute atomic E-state index is 12.4. The molecule has 0 spiro atoms. The third-order valence-corrected chi connectivity index (χ3v) is 5.36. The van der Waals surface area contributed by atoms with Crippen molar-refractivity contribution in [3.05, 3.63) is 94.0 Å². The van der Waals surface area contributed by atoms with Crippen molar-refractivity contribution in [3.63, 3.8) is 0 Å². The molecule has 182 valence electrons. The molecule has 0 atom stereocenters. The maximum Gasteiger partial charge on any atom is 0.338 e. The van der Waals surface area contributed by atoms with Crippen LogP contribution in [0, 0.1) is 0 Å². The van der Waals surface area contributed by atoms with E-state index in [0.717, 1.165) is 6.42 Å². The van der Waals surface area contributed by atoms with Crippen molar-refractivity contribution in [2.24, 2.45) is 0 Å². The fourth-order valence-electron chi connectivity index (χ4n) is 2.97. The van der Waals surface area contributed by atoms with E-state index in [1.807, 2.05) is 30.3 Å². The van der Waals surface area contributed by atoms with E-state index in [4.69, 9.17) is 14.2 Å². The summed E-state index contributed by atoms with van der Waals surface area (Å²) in [6, 6.07) is 21.1. The lowest BCUT2D eigenvalue weighted by atomic mass is 10.2. The van der Waals surface area contributed by atoms with Gasteiger partial charge in [0.1, 0.15) is 11.5 Å². The second-order valence-corrected chi connectivity index (χ2v) is 8.12. The summed E-state index contributed by atoms with van der Waals surface area (Å²) in [4.78, 5) is 36.0. The SMILES string of the molecule is CCOC(=O)c1ccc(OCC(=O)NNC(=O)c2ccc(OCCc3ccccc3)c(Br)c2)cc1. The number of carbonyl (C=O) groups is 3.